The van der Waals surface area contributed by atoms with Crippen molar-refractivity contribution in [1.29, 1.82) is 0 Å². The van der Waals surface area contributed by atoms with E-state index in [1.54, 1.807) is 0 Å². The summed E-state index contributed by atoms with van der Waals surface area (Å²) in [5, 5.41) is 13.2. The van der Waals surface area contributed by atoms with Crippen LogP contribution in [-0.4, -0.2) is 0 Å². The molecule has 0 radical (unpaired) electrons. The first-order chi connectivity index (χ1) is 25.8. The zero-order chi connectivity index (χ0) is 36.9. The van der Waals surface area contributed by atoms with Gasteiger partial charge in [0.05, 0.1) is 0 Å². The zero-order valence-corrected chi connectivity index (χ0v) is 31.9. The third-order valence-electron chi connectivity index (χ3n) is 9.81. The van der Waals surface area contributed by atoms with Gasteiger partial charge in [0.1, 0.15) is 11.2 Å². The molecule has 2 aromatic heterocycles. The molecule has 2 heterocycles. The lowest BCUT2D eigenvalue weighted by Gasteiger charge is -2.08. The number of para-hydroxylation sites is 1. The van der Waals surface area contributed by atoms with Crippen LogP contribution < -0.4 is 0 Å². The van der Waals surface area contributed by atoms with E-state index in [4.69, 9.17) is 4.42 Å². The van der Waals surface area contributed by atoms with Gasteiger partial charge < -0.3 is 4.42 Å². The number of allylic oxidation sites excluding steroid dienone is 3. The third-order valence-corrected chi connectivity index (χ3v) is 11.0. The van der Waals surface area contributed by atoms with Crippen molar-refractivity contribution in [2.45, 2.75) is 34.6 Å². The first kappa shape index (κ1) is 35.4. The summed E-state index contributed by atoms with van der Waals surface area (Å²) < 4.78 is 8.46. The summed E-state index contributed by atoms with van der Waals surface area (Å²) in [5.74, 6) is 0. The molecule has 1 nitrogen and oxygen atoms in total. The summed E-state index contributed by atoms with van der Waals surface area (Å²) >= 11 is 1.86. The van der Waals surface area contributed by atoms with Gasteiger partial charge in [0.2, 0.25) is 0 Å². The Kier molecular flexibility index (Phi) is 10.5. The summed E-state index contributed by atoms with van der Waals surface area (Å²) in [6, 6.07) is 55.7. The number of hydrogen-bond acceptors (Lipinski definition) is 2. The maximum atomic E-state index is 5.71. The lowest BCUT2D eigenvalue weighted by Crippen LogP contribution is -1.81. The highest BCUT2D eigenvalue weighted by Crippen LogP contribution is 2.34. The van der Waals surface area contributed by atoms with Gasteiger partial charge in [-0.2, -0.15) is 0 Å². The topological polar surface area (TPSA) is 13.1 Å². The largest absolute Gasteiger partial charge is 0.456 e. The molecule has 53 heavy (non-hydrogen) atoms. The summed E-state index contributed by atoms with van der Waals surface area (Å²) in [4.78, 5) is 0. The van der Waals surface area contributed by atoms with Crippen molar-refractivity contribution in [3.63, 3.8) is 0 Å². The Morgan fingerprint density at radius 2 is 0.925 bits per heavy atom. The van der Waals surface area contributed by atoms with Gasteiger partial charge in [-0.3, -0.25) is 0 Å². The van der Waals surface area contributed by atoms with E-state index in [-0.39, 0.29) is 0 Å². The Morgan fingerprint density at radius 3 is 1.55 bits per heavy atom. The molecule has 10 rings (SSSR count). The molecule has 0 aliphatic heterocycles. The van der Waals surface area contributed by atoms with Crippen LogP contribution in [0.5, 0.6) is 0 Å². The third kappa shape index (κ3) is 7.65. The Labute approximate surface area is 316 Å². The molecule has 10 aromatic rings. The molecule has 0 spiro atoms. The first-order valence-electron chi connectivity index (χ1n) is 18.1. The SMILES string of the molecule is C=CC(C)=C(C)C.Cc1ccc2ccc3c4ccccc4ccc3c2c1.Cc1ccc2oc3ccccc3c2c1.c1ccc2c(c1)sc1ccccc12. The highest BCUT2D eigenvalue weighted by Gasteiger charge is 2.06. The van der Waals surface area contributed by atoms with Crippen LogP contribution in [-0.2, 0) is 0 Å². The number of furan rings is 1. The summed E-state index contributed by atoms with van der Waals surface area (Å²) in [6.07, 6.45) is 1.87. The normalized spacial score (nSPS) is 10.8. The van der Waals surface area contributed by atoms with Gasteiger partial charge in [-0.05, 0) is 97.3 Å². The second kappa shape index (κ2) is 15.7. The van der Waals surface area contributed by atoms with Crippen molar-refractivity contribution < 1.29 is 4.42 Å². The van der Waals surface area contributed by atoms with Gasteiger partial charge in [0.15, 0.2) is 0 Å². The Hall–Kier alpha value is -5.96. The predicted octanol–water partition coefficient (Wildman–Crippen LogP) is 15.9. The number of thiophene rings is 1. The minimum Gasteiger partial charge on any atom is -0.456 e. The highest BCUT2D eigenvalue weighted by molar-refractivity contribution is 7.25. The summed E-state index contributed by atoms with van der Waals surface area (Å²) in [6.45, 7) is 14.1. The van der Waals surface area contributed by atoms with Crippen LogP contribution in [0.15, 0.2) is 186 Å². The summed E-state index contributed by atoms with van der Waals surface area (Å²) in [5.41, 5.74) is 7.14. The molecule has 0 amide bonds. The highest BCUT2D eigenvalue weighted by atomic mass is 32.1. The monoisotopic (exact) mass is 704 g/mol. The predicted molar refractivity (Wildman–Crippen MR) is 236 cm³/mol. The zero-order valence-electron chi connectivity index (χ0n) is 31.1. The van der Waals surface area contributed by atoms with Crippen molar-refractivity contribution in [3.8, 4) is 0 Å². The molecular weight excluding hydrogens is 661 g/mol. The molecule has 0 aliphatic rings. The molecule has 0 saturated heterocycles. The molecule has 0 N–H and O–H groups in total. The van der Waals surface area contributed by atoms with E-state index < -0.39 is 0 Å². The van der Waals surface area contributed by atoms with Gasteiger partial charge in [-0.15, -0.1) is 11.3 Å². The van der Waals surface area contributed by atoms with E-state index in [1.165, 1.54) is 85.5 Å². The lowest BCUT2D eigenvalue weighted by molar-refractivity contribution is 0.669. The van der Waals surface area contributed by atoms with Crippen LogP contribution in [0.25, 0.3) is 74.4 Å². The second-order valence-electron chi connectivity index (χ2n) is 13.8. The van der Waals surface area contributed by atoms with E-state index in [2.05, 4.69) is 175 Å². The fourth-order valence-electron chi connectivity index (χ4n) is 6.65. The van der Waals surface area contributed by atoms with Crippen LogP contribution in [0, 0.1) is 13.8 Å². The van der Waals surface area contributed by atoms with Gasteiger partial charge >= 0.3 is 0 Å². The Morgan fingerprint density at radius 1 is 0.453 bits per heavy atom. The quantitative estimate of drug-likeness (QED) is 0.122. The van der Waals surface area contributed by atoms with Crippen molar-refractivity contribution >= 4 is 85.8 Å². The van der Waals surface area contributed by atoms with E-state index in [9.17, 15) is 0 Å². The maximum Gasteiger partial charge on any atom is 0.135 e. The minimum absolute atomic E-state index is 0.966. The molecular formula is C51H44OS. The number of rotatable bonds is 1. The average Bonchev–Trinajstić information content (AvgIpc) is 3.76. The van der Waals surface area contributed by atoms with Crippen LogP contribution in [0.3, 0.4) is 0 Å². The second-order valence-corrected chi connectivity index (χ2v) is 14.8. The van der Waals surface area contributed by atoms with Crippen molar-refractivity contribution in [1.82, 2.24) is 0 Å². The standard InChI is InChI=1S/C19H14.C13H10O.C12H8S.C7H12/c1-13-6-7-15-9-10-17-16-5-3-2-4-14(16)8-11-18(17)19(15)12-13;1-9-6-7-13-11(8-9)10-4-2-3-5-12(10)14-13;1-3-7-11-9(5-1)10-6-2-4-8-12(10)13-11;1-5-7(4)6(2)3/h2-12H,1H3;2-8H,1H3;1-8H;5H,1H2,2-4H3. The van der Waals surface area contributed by atoms with Crippen molar-refractivity contribution in [2.75, 3.05) is 0 Å². The van der Waals surface area contributed by atoms with Crippen LogP contribution in [0.2, 0.25) is 0 Å². The fraction of sp³-hybridized carbons (Fsp3) is 0.0980. The van der Waals surface area contributed by atoms with Gasteiger partial charge in [0.25, 0.3) is 0 Å². The number of benzene rings is 8. The molecule has 0 bridgehead atoms. The Bertz CT molecular complexity index is 2860. The molecule has 0 saturated carbocycles. The molecule has 260 valence electrons. The molecule has 8 aromatic carbocycles. The van der Waals surface area contributed by atoms with E-state index >= 15 is 0 Å². The minimum atomic E-state index is 0.966. The molecule has 0 atom stereocenters. The lowest BCUT2D eigenvalue weighted by atomic mass is 9.96. The van der Waals surface area contributed by atoms with E-state index in [1.807, 2.05) is 41.7 Å². The van der Waals surface area contributed by atoms with E-state index in [0.29, 0.717) is 0 Å². The molecule has 0 aliphatic carbocycles. The van der Waals surface area contributed by atoms with Gasteiger partial charge in [0, 0.05) is 30.9 Å². The molecule has 0 unspecified atom stereocenters. The first-order valence-corrected chi connectivity index (χ1v) is 18.9. The number of fused-ring (bicyclic) bond motifs is 11. The Balaban J connectivity index is 0.000000115. The van der Waals surface area contributed by atoms with Crippen molar-refractivity contribution in [2.24, 2.45) is 0 Å². The molecule has 0 fully saturated rings. The van der Waals surface area contributed by atoms with Crippen LogP contribution in [0.4, 0.5) is 0 Å². The van der Waals surface area contributed by atoms with Gasteiger partial charge in [-0.1, -0.05) is 162 Å². The van der Waals surface area contributed by atoms with E-state index in [0.717, 1.165) is 11.2 Å². The number of aryl methyl sites for hydroxylation is 2. The van der Waals surface area contributed by atoms with Crippen molar-refractivity contribution in [3.05, 3.63) is 193 Å². The van der Waals surface area contributed by atoms with Crippen LogP contribution in [0.1, 0.15) is 31.9 Å². The maximum absolute atomic E-state index is 5.71. The fourth-order valence-corrected chi connectivity index (χ4v) is 7.76. The average molecular weight is 705 g/mol. The molecule has 2 heteroatoms. The van der Waals surface area contributed by atoms with Gasteiger partial charge in [-0.25, -0.2) is 0 Å². The smallest absolute Gasteiger partial charge is 0.135 e. The number of hydrogen-bond donors (Lipinski definition) is 0. The van der Waals surface area contributed by atoms with Crippen LogP contribution >= 0.6 is 11.3 Å². The summed E-state index contributed by atoms with van der Waals surface area (Å²) in [7, 11) is 0.